The van der Waals surface area contributed by atoms with Gasteiger partial charge in [-0.15, -0.1) is 0 Å². The van der Waals surface area contributed by atoms with Crippen molar-refractivity contribution < 1.29 is 9.84 Å². The number of ether oxygens (including phenoxy) is 1. The Labute approximate surface area is 83.8 Å². The number of phenolic OH excluding ortho intramolecular Hbond substituents is 1. The summed E-state index contributed by atoms with van der Waals surface area (Å²) in [7, 11) is 1.64. The molecule has 0 saturated heterocycles. The number of phenols is 1. The van der Waals surface area contributed by atoms with Gasteiger partial charge in [0, 0.05) is 11.5 Å². The molecule has 14 heavy (non-hydrogen) atoms. The highest BCUT2D eigenvalue weighted by molar-refractivity contribution is 5.43. The van der Waals surface area contributed by atoms with Gasteiger partial charge in [0.25, 0.3) is 0 Å². The number of benzene rings is 1. The van der Waals surface area contributed by atoms with Crippen molar-refractivity contribution in [1.82, 2.24) is 0 Å². The minimum atomic E-state index is 0.352. The number of aromatic hydroxyl groups is 1. The highest BCUT2D eigenvalue weighted by atomic mass is 16.5. The molecule has 0 bridgehead atoms. The maximum absolute atomic E-state index is 9.70. The molecule has 1 unspecified atom stereocenters. The molecular formula is C12H14O2. The van der Waals surface area contributed by atoms with E-state index >= 15 is 0 Å². The Balaban J connectivity index is 2.35. The van der Waals surface area contributed by atoms with Gasteiger partial charge in [0.05, 0.1) is 7.11 Å². The summed E-state index contributed by atoms with van der Waals surface area (Å²) in [5.41, 5.74) is 0.970. The van der Waals surface area contributed by atoms with Crippen molar-refractivity contribution in [2.45, 2.75) is 18.8 Å². The normalized spacial score (nSPS) is 19.9. The van der Waals surface area contributed by atoms with E-state index in [1.165, 1.54) is 0 Å². The Bertz CT molecular complexity index is 355. The smallest absolute Gasteiger partial charge is 0.119 e. The first kappa shape index (κ1) is 9.13. The summed E-state index contributed by atoms with van der Waals surface area (Å²) < 4.78 is 5.13. The highest BCUT2D eigenvalue weighted by Crippen LogP contribution is 2.35. The Morgan fingerprint density at radius 3 is 2.93 bits per heavy atom. The molecule has 1 aliphatic rings. The van der Waals surface area contributed by atoms with E-state index < -0.39 is 0 Å². The molecule has 74 valence electrons. The molecule has 0 heterocycles. The Morgan fingerprint density at radius 2 is 2.29 bits per heavy atom. The van der Waals surface area contributed by atoms with Gasteiger partial charge >= 0.3 is 0 Å². The second kappa shape index (κ2) is 3.74. The second-order valence-corrected chi connectivity index (χ2v) is 3.54. The first-order chi connectivity index (χ1) is 6.81. The number of hydrogen-bond acceptors (Lipinski definition) is 2. The van der Waals surface area contributed by atoms with Crippen molar-refractivity contribution in [3.63, 3.8) is 0 Å². The van der Waals surface area contributed by atoms with E-state index in [0.717, 1.165) is 24.2 Å². The fourth-order valence-electron chi connectivity index (χ4n) is 1.85. The van der Waals surface area contributed by atoms with Gasteiger partial charge < -0.3 is 9.84 Å². The lowest BCUT2D eigenvalue weighted by Crippen LogP contribution is -1.93. The van der Waals surface area contributed by atoms with Crippen LogP contribution in [-0.2, 0) is 0 Å². The Kier molecular flexibility index (Phi) is 2.44. The molecule has 0 radical (unpaired) electrons. The molecule has 1 aliphatic carbocycles. The minimum absolute atomic E-state index is 0.352. The van der Waals surface area contributed by atoms with E-state index in [1.807, 2.05) is 6.07 Å². The number of allylic oxidation sites excluding steroid dienone is 2. The van der Waals surface area contributed by atoms with Crippen LogP contribution in [-0.4, -0.2) is 12.2 Å². The van der Waals surface area contributed by atoms with Crippen LogP contribution in [0.2, 0.25) is 0 Å². The largest absolute Gasteiger partial charge is 0.508 e. The molecule has 0 aromatic heterocycles. The average molecular weight is 190 g/mol. The van der Waals surface area contributed by atoms with E-state index in [1.54, 1.807) is 19.2 Å². The van der Waals surface area contributed by atoms with Crippen LogP contribution in [0.3, 0.4) is 0 Å². The molecule has 0 aliphatic heterocycles. The van der Waals surface area contributed by atoms with Crippen LogP contribution in [0.1, 0.15) is 24.3 Å². The summed E-state index contributed by atoms with van der Waals surface area (Å²) in [5.74, 6) is 1.52. The maximum atomic E-state index is 9.70. The molecule has 0 spiro atoms. The minimum Gasteiger partial charge on any atom is -0.508 e. The summed E-state index contributed by atoms with van der Waals surface area (Å²) in [6.07, 6.45) is 6.49. The highest BCUT2D eigenvalue weighted by Gasteiger charge is 2.15. The van der Waals surface area contributed by atoms with Crippen molar-refractivity contribution in [3.8, 4) is 11.5 Å². The third-order valence-electron chi connectivity index (χ3n) is 2.65. The van der Waals surface area contributed by atoms with E-state index in [2.05, 4.69) is 12.2 Å². The van der Waals surface area contributed by atoms with Crippen LogP contribution in [0, 0.1) is 0 Å². The molecule has 1 N–H and O–H groups in total. The van der Waals surface area contributed by atoms with Gasteiger partial charge in [0.2, 0.25) is 0 Å². The van der Waals surface area contributed by atoms with Crippen LogP contribution in [0.5, 0.6) is 11.5 Å². The van der Waals surface area contributed by atoms with Gasteiger partial charge in [-0.3, -0.25) is 0 Å². The van der Waals surface area contributed by atoms with Gasteiger partial charge in [-0.25, -0.2) is 0 Å². The molecule has 1 aromatic rings. The fourth-order valence-corrected chi connectivity index (χ4v) is 1.85. The van der Waals surface area contributed by atoms with E-state index in [-0.39, 0.29) is 0 Å². The van der Waals surface area contributed by atoms with Crippen molar-refractivity contribution in [2.75, 3.05) is 7.11 Å². The first-order valence-electron chi connectivity index (χ1n) is 4.85. The molecule has 2 heteroatoms. The lowest BCUT2D eigenvalue weighted by Gasteiger charge is -2.11. The number of hydrogen-bond donors (Lipinski definition) is 1. The van der Waals surface area contributed by atoms with Gasteiger partial charge in [-0.1, -0.05) is 12.2 Å². The predicted molar refractivity (Wildman–Crippen MR) is 55.8 cm³/mol. The van der Waals surface area contributed by atoms with E-state index in [0.29, 0.717) is 11.7 Å². The lowest BCUT2D eigenvalue weighted by molar-refractivity contribution is 0.410. The van der Waals surface area contributed by atoms with Crippen molar-refractivity contribution in [3.05, 3.63) is 35.9 Å². The van der Waals surface area contributed by atoms with Gasteiger partial charge in [0.15, 0.2) is 0 Å². The van der Waals surface area contributed by atoms with Crippen LogP contribution < -0.4 is 4.74 Å². The van der Waals surface area contributed by atoms with Crippen molar-refractivity contribution in [1.29, 1.82) is 0 Å². The zero-order valence-corrected chi connectivity index (χ0v) is 8.23. The van der Waals surface area contributed by atoms with Crippen molar-refractivity contribution in [2.24, 2.45) is 0 Å². The van der Waals surface area contributed by atoms with E-state index in [4.69, 9.17) is 4.74 Å². The molecule has 1 atom stereocenters. The Hall–Kier alpha value is -1.44. The zero-order chi connectivity index (χ0) is 9.97. The monoisotopic (exact) mass is 190 g/mol. The first-order valence-corrected chi connectivity index (χ1v) is 4.85. The zero-order valence-electron chi connectivity index (χ0n) is 8.23. The predicted octanol–water partition coefficient (Wildman–Crippen LogP) is 2.83. The average Bonchev–Trinajstić information content (AvgIpc) is 2.71. The van der Waals surface area contributed by atoms with Gasteiger partial charge in [0.1, 0.15) is 11.5 Å². The van der Waals surface area contributed by atoms with E-state index in [9.17, 15) is 5.11 Å². The summed E-state index contributed by atoms with van der Waals surface area (Å²) >= 11 is 0. The number of rotatable bonds is 2. The molecule has 0 fully saturated rings. The molecule has 2 rings (SSSR count). The quantitative estimate of drug-likeness (QED) is 0.726. The summed E-state index contributed by atoms with van der Waals surface area (Å²) in [5, 5.41) is 9.70. The third kappa shape index (κ3) is 1.60. The van der Waals surface area contributed by atoms with Crippen LogP contribution in [0.25, 0.3) is 0 Å². The maximum Gasteiger partial charge on any atom is 0.119 e. The number of methoxy groups -OCH3 is 1. The third-order valence-corrected chi connectivity index (χ3v) is 2.65. The second-order valence-electron chi connectivity index (χ2n) is 3.54. The van der Waals surface area contributed by atoms with Gasteiger partial charge in [-0.2, -0.15) is 0 Å². The van der Waals surface area contributed by atoms with Gasteiger partial charge in [-0.05, 0) is 31.0 Å². The SMILES string of the molecule is COc1ccc(O)c(C2C=CCC2)c1. The molecule has 1 aromatic carbocycles. The molecule has 2 nitrogen and oxygen atoms in total. The summed E-state index contributed by atoms with van der Waals surface area (Å²) in [4.78, 5) is 0. The van der Waals surface area contributed by atoms with Crippen LogP contribution >= 0.6 is 0 Å². The summed E-state index contributed by atoms with van der Waals surface area (Å²) in [6, 6.07) is 5.38. The van der Waals surface area contributed by atoms with Crippen LogP contribution in [0.15, 0.2) is 30.4 Å². The topological polar surface area (TPSA) is 29.5 Å². The lowest BCUT2D eigenvalue weighted by atomic mass is 9.97. The Morgan fingerprint density at radius 1 is 1.43 bits per heavy atom. The summed E-state index contributed by atoms with van der Waals surface area (Å²) in [6.45, 7) is 0. The van der Waals surface area contributed by atoms with Crippen molar-refractivity contribution >= 4 is 0 Å². The molecule has 0 saturated carbocycles. The standard InChI is InChI=1S/C12H14O2/c1-14-10-6-7-12(13)11(8-10)9-4-2-3-5-9/h2,4,6-9,13H,3,5H2,1H3. The van der Waals surface area contributed by atoms with Crippen LogP contribution in [0.4, 0.5) is 0 Å². The fraction of sp³-hybridized carbons (Fsp3) is 0.333. The molecule has 0 amide bonds. The molecular weight excluding hydrogens is 176 g/mol.